The summed E-state index contributed by atoms with van der Waals surface area (Å²) in [6.45, 7) is 0.273. The number of carbonyl (C=O) groups excluding carboxylic acids is 1. The van der Waals surface area contributed by atoms with Crippen molar-refractivity contribution in [3.8, 4) is 0 Å². The van der Waals surface area contributed by atoms with Gasteiger partial charge in [0.1, 0.15) is 0 Å². The number of halogens is 2. The number of nitro benzene ring substituents is 1. The van der Waals surface area contributed by atoms with Crippen molar-refractivity contribution in [2.45, 2.75) is 12.5 Å². The molecule has 8 heteroatoms. The average molecular weight is 293 g/mol. The van der Waals surface area contributed by atoms with E-state index in [0.29, 0.717) is 17.0 Å². The van der Waals surface area contributed by atoms with E-state index in [0.717, 1.165) is 0 Å². The fourth-order valence-corrected chi connectivity index (χ4v) is 1.92. The molecule has 18 heavy (non-hydrogen) atoms. The lowest BCUT2D eigenvalue weighted by molar-refractivity contribution is -0.384. The summed E-state index contributed by atoms with van der Waals surface area (Å²) in [6, 6.07) is 3.81. The number of non-ortho nitro benzene ring substituents is 1. The van der Waals surface area contributed by atoms with Gasteiger partial charge in [-0.3, -0.25) is 10.1 Å². The highest BCUT2D eigenvalue weighted by Gasteiger charge is 2.24. The summed E-state index contributed by atoms with van der Waals surface area (Å²) in [5.41, 5.74) is 0.489. The summed E-state index contributed by atoms with van der Waals surface area (Å²) in [7, 11) is 0. The molecule has 1 aromatic carbocycles. The Bertz CT molecular complexity index is 481. The highest BCUT2D eigenvalue weighted by atomic mass is 35.5. The van der Waals surface area contributed by atoms with E-state index in [2.05, 4.69) is 5.32 Å². The van der Waals surface area contributed by atoms with Gasteiger partial charge in [0.25, 0.3) is 5.69 Å². The second-order valence-corrected chi connectivity index (χ2v) is 3.99. The molecule has 1 amide bonds. The first-order chi connectivity index (χ1) is 8.08. The van der Waals surface area contributed by atoms with Crippen molar-refractivity contribution in [1.82, 2.24) is 5.32 Å². The highest BCUT2D eigenvalue weighted by molar-refractivity contribution is 6.31. The Balaban J connectivity index is 0.00000162. The molecule has 0 saturated carbocycles. The summed E-state index contributed by atoms with van der Waals surface area (Å²) in [4.78, 5) is 21.2. The molecule has 0 spiro atoms. The van der Waals surface area contributed by atoms with E-state index >= 15 is 0 Å². The maximum Gasteiger partial charge on any atom is 0.407 e. The molecule has 6 nitrogen and oxygen atoms in total. The minimum Gasteiger partial charge on any atom is -0.449 e. The predicted octanol–water partition coefficient (Wildman–Crippen LogP) is 2.84. The van der Waals surface area contributed by atoms with Gasteiger partial charge in [-0.15, -0.1) is 12.4 Å². The Morgan fingerprint density at radius 3 is 2.83 bits per heavy atom. The molecular formula is C10H10Cl2N2O4. The molecular weight excluding hydrogens is 283 g/mol. The van der Waals surface area contributed by atoms with Gasteiger partial charge in [-0.1, -0.05) is 11.6 Å². The van der Waals surface area contributed by atoms with Crippen LogP contribution in [0.15, 0.2) is 18.2 Å². The van der Waals surface area contributed by atoms with Gasteiger partial charge in [0, 0.05) is 29.1 Å². The molecule has 1 aromatic rings. The van der Waals surface area contributed by atoms with Gasteiger partial charge in [-0.25, -0.2) is 4.79 Å². The Morgan fingerprint density at radius 2 is 2.22 bits per heavy atom. The molecule has 1 N–H and O–H groups in total. The SMILES string of the molecule is Cl.O=C1N[C@H](c2cc([N+](=O)[O-])ccc2Cl)CCO1. The lowest BCUT2D eigenvalue weighted by atomic mass is 10.0. The second kappa shape index (κ2) is 5.88. The summed E-state index contributed by atoms with van der Waals surface area (Å²) < 4.78 is 4.72. The number of nitrogens with zero attached hydrogens (tertiary/aromatic N) is 1. The van der Waals surface area contributed by atoms with E-state index in [4.69, 9.17) is 16.3 Å². The Labute approximate surface area is 114 Å². The van der Waals surface area contributed by atoms with Crippen molar-refractivity contribution in [3.63, 3.8) is 0 Å². The molecule has 1 aliphatic rings. The van der Waals surface area contributed by atoms with Crippen LogP contribution < -0.4 is 5.32 Å². The van der Waals surface area contributed by atoms with E-state index in [-0.39, 0.29) is 30.7 Å². The van der Waals surface area contributed by atoms with Gasteiger partial charge in [0.05, 0.1) is 17.6 Å². The van der Waals surface area contributed by atoms with Crippen LogP contribution in [0.3, 0.4) is 0 Å². The maximum absolute atomic E-state index is 11.1. The highest BCUT2D eigenvalue weighted by Crippen LogP contribution is 2.30. The number of carbonyl (C=O) groups is 1. The third-order valence-electron chi connectivity index (χ3n) is 2.50. The molecule has 0 aliphatic carbocycles. The number of nitrogens with one attached hydrogen (secondary N) is 1. The van der Waals surface area contributed by atoms with Gasteiger partial charge in [-0.05, 0) is 6.07 Å². The van der Waals surface area contributed by atoms with Crippen molar-refractivity contribution >= 4 is 35.8 Å². The summed E-state index contributed by atoms with van der Waals surface area (Å²) in [6.07, 6.45) is -0.00377. The molecule has 98 valence electrons. The van der Waals surface area contributed by atoms with E-state index < -0.39 is 11.0 Å². The van der Waals surface area contributed by atoms with Crippen LogP contribution in [0.2, 0.25) is 5.02 Å². The van der Waals surface area contributed by atoms with Crippen molar-refractivity contribution < 1.29 is 14.5 Å². The van der Waals surface area contributed by atoms with Gasteiger partial charge >= 0.3 is 6.09 Å². The summed E-state index contributed by atoms with van der Waals surface area (Å²) >= 11 is 5.97. The Hall–Kier alpha value is -1.53. The first kappa shape index (κ1) is 14.5. The van der Waals surface area contributed by atoms with Crippen molar-refractivity contribution in [2.24, 2.45) is 0 Å². The van der Waals surface area contributed by atoms with E-state index in [1.807, 2.05) is 0 Å². The second-order valence-electron chi connectivity index (χ2n) is 3.58. The van der Waals surface area contributed by atoms with Crippen LogP contribution in [-0.4, -0.2) is 17.6 Å². The molecule has 1 atom stereocenters. The van der Waals surface area contributed by atoms with Crippen LogP contribution in [0, 0.1) is 10.1 Å². The molecule has 1 fully saturated rings. The number of cyclic esters (lactones) is 1. The quantitative estimate of drug-likeness (QED) is 0.671. The van der Waals surface area contributed by atoms with Gasteiger partial charge in [-0.2, -0.15) is 0 Å². The predicted molar refractivity (Wildman–Crippen MR) is 67.2 cm³/mol. The first-order valence-electron chi connectivity index (χ1n) is 4.95. The zero-order valence-corrected chi connectivity index (χ0v) is 10.7. The molecule has 2 rings (SSSR count). The molecule has 0 radical (unpaired) electrons. The number of nitro groups is 1. The van der Waals surface area contributed by atoms with E-state index in [1.54, 1.807) is 0 Å². The van der Waals surface area contributed by atoms with E-state index in [1.165, 1.54) is 18.2 Å². The van der Waals surface area contributed by atoms with Crippen molar-refractivity contribution in [2.75, 3.05) is 6.61 Å². The monoisotopic (exact) mass is 292 g/mol. The number of rotatable bonds is 2. The van der Waals surface area contributed by atoms with E-state index in [9.17, 15) is 14.9 Å². The van der Waals surface area contributed by atoms with Crippen LogP contribution in [-0.2, 0) is 4.74 Å². The van der Waals surface area contributed by atoms with Gasteiger partial charge in [0.15, 0.2) is 0 Å². The topological polar surface area (TPSA) is 81.5 Å². The standard InChI is InChI=1S/C10H9ClN2O4.ClH/c11-8-2-1-6(13(15)16)5-7(8)9-3-4-17-10(14)12-9;/h1-2,5,9H,3-4H2,(H,12,14);1H/t9-;/m0./s1. The number of alkyl carbamates (subject to hydrolysis) is 1. The van der Waals surface area contributed by atoms with Crippen LogP contribution in [0.4, 0.5) is 10.5 Å². The fraction of sp³-hybridized carbons (Fsp3) is 0.300. The van der Waals surface area contributed by atoms with Gasteiger partial charge in [0.2, 0.25) is 0 Å². The number of benzene rings is 1. The Morgan fingerprint density at radius 1 is 1.50 bits per heavy atom. The maximum atomic E-state index is 11.1. The number of ether oxygens (including phenoxy) is 1. The minimum atomic E-state index is -0.538. The number of hydrogen-bond acceptors (Lipinski definition) is 4. The zero-order chi connectivity index (χ0) is 12.4. The minimum absolute atomic E-state index is 0. The molecule has 1 heterocycles. The largest absolute Gasteiger partial charge is 0.449 e. The molecule has 1 aliphatic heterocycles. The van der Waals surface area contributed by atoms with Crippen molar-refractivity contribution in [3.05, 3.63) is 38.9 Å². The zero-order valence-electron chi connectivity index (χ0n) is 9.09. The third kappa shape index (κ3) is 3.02. The molecule has 1 saturated heterocycles. The van der Waals surface area contributed by atoms with Crippen LogP contribution in [0.25, 0.3) is 0 Å². The van der Waals surface area contributed by atoms with Crippen LogP contribution >= 0.6 is 24.0 Å². The summed E-state index contributed by atoms with van der Waals surface area (Å²) in [5, 5.41) is 13.6. The number of amides is 1. The third-order valence-corrected chi connectivity index (χ3v) is 2.84. The van der Waals surface area contributed by atoms with Crippen LogP contribution in [0.1, 0.15) is 18.0 Å². The molecule has 0 unspecified atom stereocenters. The first-order valence-corrected chi connectivity index (χ1v) is 5.33. The van der Waals surface area contributed by atoms with Crippen molar-refractivity contribution in [1.29, 1.82) is 0 Å². The smallest absolute Gasteiger partial charge is 0.407 e. The van der Waals surface area contributed by atoms with Crippen LogP contribution in [0.5, 0.6) is 0 Å². The lowest BCUT2D eigenvalue weighted by Crippen LogP contribution is -2.35. The average Bonchev–Trinajstić information content (AvgIpc) is 2.29. The normalized spacial score (nSPS) is 18.3. The molecule has 0 bridgehead atoms. The fourth-order valence-electron chi connectivity index (χ4n) is 1.67. The Kier molecular flexibility index (Phi) is 4.75. The molecule has 0 aromatic heterocycles. The van der Waals surface area contributed by atoms with Gasteiger partial charge < -0.3 is 10.1 Å². The lowest BCUT2D eigenvalue weighted by Gasteiger charge is -2.24. The number of hydrogen-bond donors (Lipinski definition) is 1. The summed E-state index contributed by atoms with van der Waals surface area (Å²) in [5.74, 6) is 0.